The van der Waals surface area contributed by atoms with Crippen molar-refractivity contribution in [2.24, 2.45) is 4.36 Å². The van der Waals surface area contributed by atoms with Crippen LogP contribution in [0.15, 0.2) is 113 Å². The van der Waals surface area contributed by atoms with Gasteiger partial charge in [0.05, 0.1) is 12.7 Å². The molecule has 8 nitrogen and oxygen atoms in total. The van der Waals surface area contributed by atoms with Crippen molar-refractivity contribution >= 4 is 21.6 Å². The number of rotatable bonds is 7. The third kappa shape index (κ3) is 4.99. The first-order valence-corrected chi connectivity index (χ1v) is 18.1. The summed E-state index contributed by atoms with van der Waals surface area (Å²) in [6.45, 7) is 6.59. The van der Waals surface area contributed by atoms with Crippen molar-refractivity contribution in [3.05, 3.63) is 142 Å². The fourth-order valence-corrected chi connectivity index (χ4v) is 9.53. The second-order valence-corrected chi connectivity index (χ2v) is 15.6. The standard InChI is InChI=1S/C39H39N5O3S/c1-26-22-28-23-27-14-13-21-32(27)35(34(26)28)41-37(45)42-48(46,33-24-40-44-25-38(2,3)47-36(33)44)43-39(29-15-7-4-8-16-29,30-17-9-5-10-18-30)31-19-11-6-12-20-31/h4-12,15-20,23-24,26H,13-14,21-22,25H2,1-3H3,(H2,41,42,43,45,46)/t26-,48+/m0/s1. The third-order valence-electron chi connectivity index (χ3n) is 9.82. The molecule has 2 N–H and O–H groups in total. The second-order valence-electron chi connectivity index (χ2n) is 13.7. The van der Waals surface area contributed by atoms with Crippen molar-refractivity contribution < 1.29 is 13.7 Å². The average Bonchev–Trinajstić information content (AvgIpc) is 3.78. The molecule has 2 atom stereocenters. The highest BCUT2D eigenvalue weighted by Crippen LogP contribution is 2.47. The van der Waals surface area contributed by atoms with Crippen LogP contribution in [0.25, 0.3) is 0 Å². The molecular formula is C39H39N5O3S. The van der Waals surface area contributed by atoms with Crippen LogP contribution in [0.1, 0.15) is 72.1 Å². The van der Waals surface area contributed by atoms with Crippen LogP contribution < -0.4 is 14.8 Å². The molecule has 0 fully saturated rings. The molecule has 0 saturated carbocycles. The smallest absolute Gasteiger partial charge is 0.331 e. The van der Waals surface area contributed by atoms with Gasteiger partial charge in [-0.05, 0) is 84.4 Å². The zero-order valence-electron chi connectivity index (χ0n) is 27.4. The fraction of sp³-hybridized carbons (Fsp3) is 0.282. The van der Waals surface area contributed by atoms with Crippen LogP contribution >= 0.6 is 0 Å². The summed E-state index contributed by atoms with van der Waals surface area (Å²) in [5.41, 5.74) is 6.36. The zero-order chi connectivity index (χ0) is 33.1. The van der Waals surface area contributed by atoms with E-state index in [4.69, 9.17) is 9.10 Å². The normalized spacial score (nSPS) is 18.4. The molecule has 0 radical (unpaired) electrons. The van der Waals surface area contributed by atoms with Crippen molar-refractivity contribution in [2.75, 3.05) is 5.32 Å². The lowest BCUT2D eigenvalue weighted by Gasteiger charge is -2.33. The van der Waals surface area contributed by atoms with E-state index in [9.17, 15) is 4.79 Å². The molecule has 2 amide bonds. The Labute approximate surface area is 281 Å². The number of nitrogens with one attached hydrogen (secondary N) is 2. The van der Waals surface area contributed by atoms with Gasteiger partial charge in [0.15, 0.2) is 9.92 Å². The molecule has 0 bridgehead atoms. The highest BCUT2D eigenvalue weighted by molar-refractivity contribution is 7.92. The zero-order valence-corrected chi connectivity index (χ0v) is 28.2. The van der Waals surface area contributed by atoms with Gasteiger partial charge in [0.1, 0.15) is 16.0 Å². The van der Waals surface area contributed by atoms with Gasteiger partial charge in [0, 0.05) is 5.69 Å². The van der Waals surface area contributed by atoms with E-state index >= 15 is 4.21 Å². The number of urea groups is 1. The van der Waals surface area contributed by atoms with Crippen molar-refractivity contribution in [1.82, 2.24) is 14.5 Å². The Balaban J connectivity index is 1.35. The highest BCUT2D eigenvalue weighted by atomic mass is 32.2. The van der Waals surface area contributed by atoms with Crippen molar-refractivity contribution in [2.45, 2.75) is 75.0 Å². The largest absolute Gasteiger partial charge is 0.469 e. The van der Waals surface area contributed by atoms with Crippen molar-refractivity contribution in [3.63, 3.8) is 0 Å². The van der Waals surface area contributed by atoms with Gasteiger partial charge in [-0.25, -0.2) is 18.4 Å². The number of carbonyl (C=O) groups excluding carboxylic acids is 1. The first-order valence-electron chi connectivity index (χ1n) is 16.6. The Morgan fingerprint density at radius 2 is 1.54 bits per heavy atom. The number of nitrogens with zero attached hydrogens (tertiary/aromatic N) is 3. The van der Waals surface area contributed by atoms with Gasteiger partial charge in [-0.2, -0.15) is 9.46 Å². The number of anilines is 1. The number of amides is 2. The molecule has 0 spiro atoms. The first kappa shape index (κ1) is 30.4. The molecule has 2 heterocycles. The van der Waals surface area contributed by atoms with Crippen LogP contribution in [0, 0.1) is 0 Å². The van der Waals surface area contributed by atoms with Crippen LogP contribution in [-0.2, 0) is 41.3 Å². The van der Waals surface area contributed by atoms with Gasteiger partial charge in [-0.3, -0.25) is 0 Å². The number of carbonyl (C=O) groups is 1. The Kier molecular flexibility index (Phi) is 7.21. The molecule has 2 aliphatic carbocycles. The van der Waals surface area contributed by atoms with Gasteiger partial charge in [0.25, 0.3) is 0 Å². The monoisotopic (exact) mass is 657 g/mol. The van der Waals surface area contributed by atoms with Crippen molar-refractivity contribution in [3.8, 4) is 5.88 Å². The molecule has 4 aromatic carbocycles. The van der Waals surface area contributed by atoms with E-state index in [1.807, 2.05) is 105 Å². The van der Waals surface area contributed by atoms with Crippen LogP contribution in [0.3, 0.4) is 0 Å². The molecule has 9 heteroatoms. The predicted octanol–water partition coefficient (Wildman–Crippen LogP) is 7.76. The Bertz CT molecular complexity index is 2050. The van der Waals surface area contributed by atoms with Crippen LogP contribution in [0.2, 0.25) is 0 Å². The summed E-state index contributed by atoms with van der Waals surface area (Å²) in [7, 11) is -3.80. The molecule has 1 aliphatic heterocycles. The van der Waals surface area contributed by atoms with Crippen LogP contribution in [-0.4, -0.2) is 25.6 Å². The Hall–Kier alpha value is -4.89. The molecule has 48 heavy (non-hydrogen) atoms. The molecule has 5 aromatic rings. The van der Waals surface area contributed by atoms with E-state index in [2.05, 4.69) is 28.1 Å². The van der Waals surface area contributed by atoms with Gasteiger partial charge < -0.3 is 10.1 Å². The first-order chi connectivity index (χ1) is 23.2. The summed E-state index contributed by atoms with van der Waals surface area (Å²) in [5.74, 6) is 0.683. The van der Waals surface area contributed by atoms with Gasteiger partial charge >= 0.3 is 6.03 Å². The minimum Gasteiger partial charge on any atom is -0.469 e. The van der Waals surface area contributed by atoms with Crippen LogP contribution in [0.5, 0.6) is 5.88 Å². The Morgan fingerprint density at radius 1 is 0.938 bits per heavy atom. The van der Waals surface area contributed by atoms with E-state index in [0.717, 1.165) is 48.1 Å². The minimum atomic E-state index is -3.80. The molecule has 0 unspecified atom stereocenters. The van der Waals surface area contributed by atoms with Crippen LogP contribution in [0.4, 0.5) is 10.5 Å². The lowest BCUT2D eigenvalue weighted by Crippen LogP contribution is -2.39. The lowest BCUT2D eigenvalue weighted by atomic mass is 9.75. The number of aryl methyl sites for hydroxylation is 1. The number of fused-ring (bicyclic) bond motifs is 3. The third-order valence-corrected chi connectivity index (χ3v) is 11.7. The van der Waals surface area contributed by atoms with Crippen molar-refractivity contribution in [1.29, 1.82) is 0 Å². The summed E-state index contributed by atoms with van der Waals surface area (Å²) in [6, 6.07) is 31.2. The molecule has 3 aliphatic rings. The maximum absolute atomic E-state index is 15.9. The molecule has 8 rings (SSSR count). The number of aromatic nitrogens is 2. The Morgan fingerprint density at radius 3 is 2.12 bits per heavy atom. The summed E-state index contributed by atoms with van der Waals surface area (Å²) in [5, 5.41) is 7.75. The topological polar surface area (TPSA) is 97.6 Å². The van der Waals surface area contributed by atoms with Gasteiger partial charge in [0.2, 0.25) is 5.88 Å². The number of hydrogen-bond donors (Lipinski definition) is 2. The maximum atomic E-state index is 15.9. The molecule has 1 aromatic heterocycles. The number of ether oxygens (including phenoxy) is 1. The SMILES string of the molecule is C[C@H]1Cc2cc3c(c(NC(=O)N[S@@](=O)(=NC(c4ccccc4)(c4ccccc4)c4ccccc4)c4cnn5c4OC(C)(C)C5)c21)CCC3. The van der Waals surface area contributed by atoms with E-state index in [0.29, 0.717) is 18.3 Å². The quantitative estimate of drug-likeness (QED) is 0.175. The minimum absolute atomic E-state index is 0.232. The summed E-state index contributed by atoms with van der Waals surface area (Å²) >= 11 is 0. The summed E-state index contributed by atoms with van der Waals surface area (Å²) < 4.78 is 32.3. The molecular weight excluding hydrogens is 619 g/mol. The lowest BCUT2D eigenvalue weighted by molar-refractivity contribution is 0.132. The maximum Gasteiger partial charge on any atom is 0.331 e. The number of hydrogen-bond acceptors (Lipinski definition) is 5. The summed E-state index contributed by atoms with van der Waals surface area (Å²) in [6.07, 6.45) is 5.48. The second kappa shape index (κ2) is 11.4. The predicted molar refractivity (Wildman–Crippen MR) is 188 cm³/mol. The summed E-state index contributed by atoms with van der Waals surface area (Å²) in [4.78, 5) is 14.5. The van der Waals surface area contributed by atoms with Gasteiger partial charge in [-0.1, -0.05) is 104 Å². The fourth-order valence-electron chi connectivity index (χ4n) is 7.70. The van der Waals surface area contributed by atoms with E-state index < -0.39 is 27.1 Å². The van der Waals surface area contributed by atoms with E-state index in [1.54, 1.807) is 4.68 Å². The average molecular weight is 658 g/mol. The van der Waals surface area contributed by atoms with Gasteiger partial charge in [-0.15, -0.1) is 0 Å². The molecule has 0 saturated heterocycles. The molecule has 244 valence electrons. The van der Waals surface area contributed by atoms with E-state index in [-0.39, 0.29) is 4.90 Å². The highest BCUT2D eigenvalue weighted by Gasteiger charge is 2.42. The number of benzene rings is 4. The van der Waals surface area contributed by atoms with E-state index in [1.165, 1.54) is 28.5 Å².